The fourth-order valence-corrected chi connectivity index (χ4v) is 5.01. The maximum Gasteiger partial charge on any atom is -0.0360 e. The Hall–Kier alpha value is 0. The van der Waals surface area contributed by atoms with Crippen molar-refractivity contribution in [3.8, 4) is 0 Å². The van der Waals surface area contributed by atoms with Crippen molar-refractivity contribution in [2.45, 2.75) is 91.4 Å². The zero-order valence-corrected chi connectivity index (χ0v) is 13.7. The molecule has 0 aromatic rings. The summed E-state index contributed by atoms with van der Waals surface area (Å²) in [7, 11) is 0. The Balaban J connectivity index is 1.76. The van der Waals surface area contributed by atoms with E-state index in [0.717, 1.165) is 29.6 Å². The minimum Gasteiger partial charge on any atom is -0.0654 e. The van der Waals surface area contributed by atoms with Crippen LogP contribution in [0.4, 0.5) is 0 Å². The molecule has 0 spiro atoms. The highest BCUT2D eigenvalue weighted by molar-refractivity contribution is 4.85. The van der Waals surface area contributed by atoms with Crippen LogP contribution in [0.2, 0.25) is 0 Å². The second-order valence-corrected chi connectivity index (χ2v) is 7.65. The van der Waals surface area contributed by atoms with Crippen molar-refractivity contribution in [1.82, 2.24) is 0 Å². The van der Waals surface area contributed by atoms with Crippen LogP contribution >= 0.6 is 0 Å². The molecule has 0 nitrogen and oxygen atoms in total. The summed E-state index contributed by atoms with van der Waals surface area (Å²) in [6.45, 7) is 7.28. The molecule has 2 rings (SSSR count). The summed E-state index contributed by atoms with van der Waals surface area (Å²) in [5, 5.41) is 0. The van der Waals surface area contributed by atoms with Crippen LogP contribution < -0.4 is 0 Å². The molecule has 2 aliphatic carbocycles. The summed E-state index contributed by atoms with van der Waals surface area (Å²) in [5.41, 5.74) is 0. The van der Waals surface area contributed by atoms with E-state index >= 15 is 0 Å². The minimum absolute atomic E-state index is 1.01. The fourth-order valence-electron chi connectivity index (χ4n) is 5.01. The van der Waals surface area contributed by atoms with Gasteiger partial charge in [-0.2, -0.15) is 0 Å². The molecule has 0 radical (unpaired) electrons. The van der Waals surface area contributed by atoms with E-state index in [1.54, 1.807) is 32.1 Å². The number of hydrogen-bond acceptors (Lipinski definition) is 0. The smallest absolute Gasteiger partial charge is 0.0360 e. The maximum atomic E-state index is 2.56. The van der Waals surface area contributed by atoms with Crippen LogP contribution in [-0.4, -0.2) is 0 Å². The van der Waals surface area contributed by atoms with Gasteiger partial charge in [0.1, 0.15) is 0 Å². The van der Waals surface area contributed by atoms with Gasteiger partial charge in [0.05, 0.1) is 0 Å². The fraction of sp³-hybridized carbons (Fsp3) is 1.00. The van der Waals surface area contributed by atoms with Crippen LogP contribution in [0.1, 0.15) is 91.4 Å². The molecule has 0 aromatic carbocycles. The first-order chi connectivity index (χ1) is 9.24. The van der Waals surface area contributed by atoms with Gasteiger partial charge < -0.3 is 0 Å². The summed E-state index contributed by atoms with van der Waals surface area (Å²) in [6, 6.07) is 0. The molecular formula is C19H36. The number of hydrogen-bond donors (Lipinski definition) is 0. The van der Waals surface area contributed by atoms with Gasteiger partial charge in [-0.1, -0.05) is 65.7 Å². The Morgan fingerprint density at radius 1 is 0.842 bits per heavy atom. The molecule has 0 N–H and O–H groups in total. The van der Waals surface area contributed by atoms with Crippen molar-refractivity contribution < 1.29 is 0 Å². The average molecular weight is 264 g/mol. The normalized spacial score (nSPS) is 40.3. The van der Waals surface area contributed by atoms with E-state index in [1.165, 1.54) is 38.5 Å². The average Bonchev–Trinajstić information content (AvgIpc) is 2.45. The van der Waals surface area contributed by atoms with Crippen LogP contribution in [0.25, 0.3) is 0 Å². The van der Waals surface area contributed by atoms with Crippen LogP contribution in [0.15, 0.2) is 0 Å². The Labute approximate surface area is 121 Å². The van der Waals surface area contributed by atoms with Gasteiger partial charge in [0.2, 0.25) is 0 Å². The number of unbranched alkanes of at least 4 members (excludes halogenated alkanes) is 1. The van der Waals surface area contributed by atoms with Crippen molar-refractivity contribution in [3.05, 3.63) is 0 Å². The van der Waals surface area contributed by atoms with Crippen LogP contribution in [0.5, 0.6) is 0 Å². The molecule has 19 heavy (non-hydrogen) atoms. The Morgan fingerprint density at radius 3 is 2.11 bits per heavy atom. The lowest BCUT2D eigenvalue weighted by Gasteiger charge is -2.41. The first-order valence-electron chi connectivity index (χ1n) is 9.24. The van der Waals surface area contributed by atoms with Crippen LogP contribution in [0, 0.1) is 29.6 Å². The van der Waals surface area contributed by atoms with Crippen molar-refractivity contribution in [3.63, 3.8) is 0 Å². The highest BCUT2D eigenvalue weighted by atomic mass is 14.4. The standard InChI is InChI=1S/C19H36/c1-4-6-7-17-10-13-19(15(3)14-17)18-11-8-16(5-2)9-12-18/h15-19H,4-14H2,1-3H3. The lowest BCUT2D eigenvalue weighted by atomic mass is 9.64. The van der Waals surface area contributed by atoms with Gasteiger partial charge in [0, 0.05) is 0 Å². The largest absolute Gasteiger partial charge is 0.0654 e. The zero-order chi connectivity index (χ0) is 13.7. The van der Waals surface area contributed by atoms with Crippen molar-refractivity contribution in [2.75, 3.05) is 0 Å². The van der Waals surface area contributed by atoms with Crippen molar-refractivity contribution >= 4 is 0 Å². The summed E-state index contributed by atoms with van der Waals surface area (Å²) >= 11 is 0. The second kappa shape index (κ2) is 7.70. The molecule has 0 bridgehead atoms. The zero-order valence-electron chi connectivity index (χ0n) is 13.7. The van der Waals surface area contributed by atoms with E-state index in [0.29, 0.717) is 0 Å². The molecule has 2 fully saturated rings. The molecule has 3 atom stereocenters. The Kier molecular flexibility index (Phi) is 6.23. The number of rotatable bonds is 5. The molecule has 2 saturated carbocycles. The summed E-state index contributed by atoms with van der Waals surface area (Å²) in [4.78, 5) is 0. The Bertz CT molecular complexity index is 236. The molecule has 0 aromatic heterocycles. The van der Waals surface area contributed by atoms with Gasteiger partial charge in [-0.15, -0.1) is 0 Å². The minimum atomic E-state index is 1.01. The van der Waals surface area contributed by atoms with E-state index in [-0.39, 0.29) is 0 Å². The van der Waals surface area contributed by atoms with Gasteiger partial charge in [0.25, 0.3) is 0 Å². The van der Waals surface area contributed by atoms with E-state index in [1.807, 2.05) is 0 Å². The first-order valence-corrected chi connectivity index (χ1v) is 9.24. The van der Waals surface area contributed by atoms with Crippen molar-refractivity contribution in [2.24, 2.45) is 29.6 Å². The summed E-state index contributed by atoms with van der Waals surface area (Å²) in [5.74, 6) is 5.31. The third-order valence-corrected chi connectivity index (χ3v) is 6.38. The Morgan fingerprint density at radius 2 is 1.53 bits per heavy atom. The van der Waals surface area contributed by atoms with Gasteiger partial charge in [-0.25, -0.2) is 0 Å². The molecular weight excluding hydrogens is 228 g/mol. The SMILES string of the molecule is CCCCC1CCC(C2CCC(CC)CC2)C(C)C1. The monoisotopic (exact) mass is 264 g/mol. The van der Waals surface area contributed by atoms with E-state index < -0.39 is 0 Å². The summed E-state index contributed by atoms with van der Waals surface area (Å²) in [6.07, 6.45) is 16.6. The summed E-state index contributed by atoms with van der Waals surface area (Å²) < 4.78 is 0. The molecule has 0 heteroatoms. The van der Waals surface area contributed by atoms with Gasteiger partial charge >= 0.3 is 0 Å². The quantitative estimate of drug-likeness (QED) is 0.535. The lowest BCUT2D eigenvalue weighted by molar-refractivity contribution is 0.0931. The second-order valence-electron chi connectivity index (χ2n) is 7.65. The highest BCUT2D eigenvalue weighted by Gasteiger charge is 2.34. The highest BCUT2D eigenvalue weighted by Crippen LogP contribution is 2.45. The predicted molar refractivity (Wildman–Crippen MR) is 85.3 cm³/mol. The molecule has 0 aliphatic heterocycles. The molecule has 112 valence electrons. The van der Waals surface area contributed by atoms with Gasteiger partial charge in [-0.05, 0) is 55.3 Å². The third-order valence-electron chi connectivity index (χ3n) is 6.38. The van der Waals surface area contributed by atoms with Gasteiger partial charge in [-0.3, -0.25) is 0 Å². The lowest BCUT2D eigenvalue weighted by Crippen LogP contribution is -2.31. The van der Waals surface area contributed by atoms with Gasteiger partial charge in [0.15, 0.2) is 0 Å². The third kappa shape index (κ3) is 4.23. The van der Waals surface area contributed by atoms with Crippen LogP contribution in [0.3, 0.4) is 0 Å². The molecule has 0 heterocycles. The van der Waals surface area contributed by atoms with E-state index in [4.69, 9.17) is 0 Å². The van der Waals surface area contributed by atoms with Crippen LogP contribution in [-0.2, 0) is 0 Å². The molecule has 3 unspecified atom stereocenters. The topological polar surface area (TPSA) is 0 Å². The van der Waals surface area contributed by atoms with E-state index in [2.05, 4.69) is 20.8 Å². The molecule has 0 amide bonds. The molecule has 2 aliphatic rings. The first kappa shape index (κ1) is 15.4. The molecule has 0 saturated heterocycles. The van der Waals surface area contributed by atoms with Crippen molar-refractivity contribution in [1.29, 1.82) is 0 Å². The predicted octanol–water partition coefficient (Wildman–Crippen LogP) is 6.45. The maximum absolute atomic E-state index is 2.56. The van der Waals surface area contributed by atoms with E-state index in [9.17, 15) is 0 Å².